The Morgan fingerprint density at radius 1 is 1.21 bits per heavy atom. The molecule has 3 atom stereocenters. The molecule has 1 aliphatic carbocycles. The average Bonchev–Trinajstić information content (AvgIpc) is 2.19. The van der Waals surface area contributed by atoms with E-state index >= 15 is 0 Å². The van der Waals surface area contributed by atoms with Gasteiger partial charge in [-0.05, 0) is 25.2 Å². The first-order valence-corrected chi connectivity index (χ1v) is 4.95. The van der Waals surface area contributed by atoms with E-state index in [1.807, 2.05) is 0 Å². The van der Waals surface area contributed by atoms with Gasteiger partial charge in [0.15, 0.2) is 0 Å². The van der Waals surface area contributed by atoms with Gasteiger partial charge in [-0.15, -0.1) is 0 Å². The van der Waals surface area contributed by atoms with Crippen molar-refractivity contribution in [2.45, 2.75) is 44.7 Å². The molecular formula is C10H14N2O2. The predicted octanol–water partition coefficient (Wildman–Crippen LogP) is 1.61. The van der Waals surface area contributed by atoms with Crippen molar-refractivity contribution >= 4 is 12.2 Å². The Morgan fingerprint density at radius 2 is 1.93 bits per heavy atom. The molecular weight excluding hydrogens is 180 g/mol. The van der Waals surface area contributed by atoms with Crippen LogP contribution in [0, 0.1) is 5.92 Å². The van der Waals surface area contributed by atoms with Crippen LogP contribution in [0.2, 0.25) is 0 Å². The first-order chi connectivity index (χ1) is 6.81. The molecule has 0 aromatic carbocycles. The highest BCUT2D eigenvalue weighted by Crippen LogP contribution is 2.30. The fourth-order valence-electron chi connectivity index (χ4n) is 2.08. The molecule has 1 aliphatic rings. The lowest BCUT2D eigenvalue weighted by Crippen LogP contribution is -2.29. The summed E-state index contributed by atoms with van der Waals surface area (Å²) in [6, 6.07) is -0.00856. The first-order valence-electron chi connectivity index (χ1n) is 4.95. The van der Waals surface area contributed by atoms with Crippen LogP contribution in [0.1, 0.15) is 32.6 Å². The van der Waals surface area contributed by atoms with E-state index in [0.717, 1.165) is 19.3 Å². The summed E-state index contributed by atoms with van der Waals surface area (Å²) >= 11 is 0. The normalized spacial score (nSPS) is 31.4. The van der Waals surface area contributed by atoms with Gasteiger partial charge in [0.2, 0.25) is 12.2 Å². The molecule has 0 saturated heterocycles. The summed E-state index contributed by atoms with van der Waals surface area (Å²) in [5, 5.41) is 0. The van der Waals surface area contributed by atoms with Crippen LogP contribution in [-0.4, -0.2) is 24.2 Å². The van der Waals surface area contributed by atoms with Gasteiger partial charge in [0.1, 0.15) is 0 Å². The number of aliphatic imine (C=N–C) groups is 2. The molecule has 14 heavy (non-hydrogen) atoms. The SMILES string of the molecule is CCC1CCC(N=C=O)CC1N=C=O. The van der Waals surface area contributed by atoms with E-state index in [0.29, 0.717) is 12.3 Å². The number of hydrogen-bond donors (Lipinski definition) is 0. The smallest absolute Gasteiger partial charge is 0.211 e. The maximum atomic E-state index is 10.2. The van der Waals surface area contributed by atoms with Gasteiger partial charge in [0.05, 0.1) is 12.1 Å². The summed E-state index contributed by atoms with van der Waals surface area (Å²) < 4.78 is 0. The molecule has 1 saturated carbocycles. The molecule has 0 aliphatic heterocycles. The molecule has 0 aromatic heterocycles. The highest BCUT2D eigenvalue weighted by molar-refractivity contribution is 5.35. The molecule has 1 fully saturated rings. The van der Waals surface area contributed by atoms with Crippen molar-refractivity contribution in [3.8, 4) is 0 Å². The quantitative estimate of drug-likeness (QED) is 0.506. The Bertz CT molecular complexity index is 278. The average molecular weight is 194 g/mol. The van der Waals surface area contributed by atoms with E-state index in [9.17, 15) is 9.59 Å². The van der Waals surface area contributed by atoms with Crippen LogP contribution in [0.4, 0.5) is 0 Å². The maximum Gasteiger partial charge on any atom is 0.235 e. The predicted molar refractivity (Wildman–Crippen MR) is 51.5 cm³/mol. The van der Waals surface area contributed by atoms with Crippen molar-refractivity contribution in [3.63, 3.8) is 0 Å². The summed E-state index contributed by atoms with van der Waals surface area (Å²) in [5.74, 6) is 0.439. The van der Waals surface area contributed by atoms with Crippen molar-refractivity contribution in [1.82, 2.24) is 0 Å². The molecule has 0 N–H and O–H groups in total. The number of nitrogens with zero attached hydrogens (tertiary/aromatic N) is 2. The highest BCUT2D eigenvalue weighted by atomic mass is 16.1. The molecule has 0 heterocycles. The van der Waals surface area contributed by atoms with E-state index in [-0.39, 0.29) is 12.1 Å². The summed E-state index contributed by atoms with van der Waals surface area (Å²) in [5.41, 5.74) is 0. The second kappa shape index (κ2) is 5.48. The number of hydrogen-bond acceptors (Lipinski definition) is 4. The van der Waals surface area contributed by atoms with Gasteiger partial charge in [0.25, 0.3) is 0 Å². The Kier molecular flexibility index (Phi) is 4.24. The third-order valence-electron chi connectivity index (χ3n) is 2.91. The second-order valence-electron chi connectivity index (χ2n) is 3.64. The molecule has 4 heteroatoms. The van der Waals surface area contributed by atoms with Crippen LogP contribution < -0.4 is 0 Å². The first kappa shape index (κ1) is 10.8. The molecule has 0 aromatic rings. The van der Waals surface area contributed by atoms with Gasteiger partial charge in [-0.25, -0.2) is 19.6 Å². The van der Waals surface area contributed by atoms with Crippen LogP contribution >= 0.6 is 0 Å². The zero-order chi connectivity index (χ0) is 10.4. The number of carbonyl (C=O) groups excluding carboxylic acids is 2. The van der Waals surface area contributed by atoms with E-state index in [2.05, 4.69) is 16.9 Å². The van der Waals surface area contributed by atoms with Crippen molar-refractivity contribution in [2.75, 3.05) is 0 Å². The summed E-state index contributed by atoms with van der Waals surface area (Å²) in [7, 11) is 0. The van der Waals surface area contributed by atoms with Gasteiger partial charge >= 0.3 is 0 Å². The van der Waals surface area contributed by atoms with Crippen LogP contribution in [-0.2, 0) is 9.59 Å². The molecule has 0 radical (unpaired) electrons. The van der Waals surface area contributed by atoms with Crippen molar-refractivity contribution in [1.29, 1.82) is 0 Å². The fraction of sp³-hybridized carbons (Fsp3) is 0.800. The lowest BCUT2D eigenvalue weighted by atomic mass is 9.81. The molecule has 76 valence electrons. The van der Waals surface area contributed by atoms with E-state index in [1.165, 1.54) is 0 Å². The van der Waals surface area contributed by atoms with E-state index in [1.54, 1.807) is 12.2 Å². The number of isocyanates is 2. The lowest BCUT2D eigenvalue weighted by Gasteiger charge is -2.29. The van der Waals surface area contributed by atoms with Crippen LogP contribution in [0.5, 0.6) is 0 Å². The fourth-order valence-corrected chi connectivity index (χ4v) is 2.08. The van der Waals surface area contributed by atoms with E-state index in [4.69, 9.17) is 0 Å². The van der Waals surface area contributed by atoms with Crippen molar-refractivity contribution < 1.29 is 9.59 Å². The van der Waals surface area contributed by atoms with Crippen LogP contribution in [0.15, 0.2) is 9.98 Å². The van der Waals surface area contributed by atoms with Gasteiger partial charge in [0, 0.05) is 0 Å². The van der Waals surface area contributed by atoms with E-state index < -0.39 is 0 Å². The lowest BCUT2D eigenvalue weighted by molar-refractivity contribution is 0.277. The maximum absolute atomic E-state index is 10.2. The summed E-state index contributed by atoms with van der Waals surface area (Å²) in [4.78, 5) is 27.8. The Balaban J connectivity index is 2.65. The topological polar surface area (TPSA) is 58.9 Å². The van der Waals surface area contributed by atoms with Crippen molar-refractivity contribution in [3.05, 3.63) is 0 Å². The second-order valence-corrected chi connectivity index (χ2v) is 3.64. The zero-order valence-corrected chi connectivity index (χ0v) is 8.27. The number of rotatable bonds is 3. The highest BCUT2D eigenvalue weighted by Gasteiger charge is 2.29. The monoisotopic (exact) mass is 194 g/mol. The van der Waals surface area contributed by atoms with Gasteiger partial charge in [-0.2, -0.15) is 0 Å². The minimum Gasteiger partial charge on any atom is -0.211 e. The van der Waals surface area contributed by atoms with Crippen molar-refractivity contribution in [2.24, 2.45) is 15.9 Å². The summed E-state index contributed by atoms with van der Waals surface area (Å²) in [6.45, 7) is 2.08. The molecule has 3 unspecified atom stereocenters. The Morgan fingerprint density at radius 3 is 2.50 bits per heavy atom. The Labute approximate surface area is 83.1 Å². The van der Waals surface area contributed by atoms with Gasteiger partial charge in [-0.3, -0.25) is 0 Å². The van der Waals surface area contributed by atoms with Gasteiger partial charge < -0.3 is 0 Å². The largest absolute Gasteiger partial charge is 0.235 e. The molecule has 0 bridgehead atoms. The van der Waals surface area contributed by atoms with Crippen LogP contribution in [0.3, 0.4) is 0 Å². The third-order valence-corrected chi connectivity index (χ3v) is 2.91. The minimum atomic E-state index is -0.00616. The Hall–Kier alpha value is -1.24. The molecule has 0 spiro atoms. The van der Waals surface area contributed by atoms with Gasteiger partial charge in [-0.1, -0.05) is 13.3 Å². The third kappa shape index (κ3) is 2.63. The zero-order valence-electron chi connectivity index (χ0n) is 8.27. The summed E-state index contributed by atoms with van der Waals surface area (Å²) in [6.07, 6.45) is 6.73. The molecule has 0 amide bonds. The molecule has 1 rings (SSSR count). The standard InChI is InChI=1S/C10H14N2O2/c1-2-8-3-4-9(11-6-13)5-10(8)12-7-14/h8-10H,2-5H2,1H3. The minimum absolute atomic E-state index is 0.00241. The molecule has 4 nitrogen and oxygen atoms in total. The van der Waals surface area contributed by atoms with Crippen LogP contribution in [0.25, 0.3) is 0 Å².